The smallest absolute Gasteiger partial charge is 0.227 e. The Hall–Kier alpha value is -2.31. The summed E-state index contributed by atoms with van der Waals surface area (Å²) in [5, 5.41) is 11.7. The molecule has 1 N–H and O–H groups in total. The molecule has 2 aromatic rings. The fourth-order valence-electron chi connectivity index (χ4n) is 5.91. The van der Waals surface area contributed by atoms with E-state index in [4.69, 9.17) is 0 Å². The fourth-order valence-corrected chi connectivity index (χ4v) is 5.91. The molecule has 5 atom stereocenters. The van der Waals surface area contributed by atoms with Crippen LogP contribution in [0.25, 0.3) is 0 Å². The lowest BCUT2D eigenvalue weighted by Crippen LogP contribution is -2.57. The van der Waals surface area contributed by atoms with Gasteiger partial charge in [-0.3, -0.25) is 9.69 Å². The number of benzene rings is 2. The molecule has 0 spiro atoms. The van der Waals surface area contributed by atoms with E-state index in [2.05, 4.69) is 25.7 Å². The van der Waals surface area contributed by atoms with Crippen molar-refractivity contribution in [2.75, 3.05) is 26.2 Å². The predicted molar refractivity (Wildman–Crippen MR) is 129 cm³/mol. The molecule has 0 radical (unpaired) electrons. The Bertz CT molecular complexity index is 1020. The second-order valence-electron chi connectivity index (χ2n) is 11.2. The van der Waals surface area contributed by atoms with Gasteiger partial charge in [-0.05, 0) is 38.0 Å². The van der Waals surface area contributed by atoms with Crippen LogP contribution < -0.4 is 0 Å². The third-order valence-electron chi connectivity index (χ3n) is 7.99. The molecule has 4 rings (SSSR count). The quantitative estimate of drug-likeness (QED) is 0.702. The Kier molecular flexibility index (Phi) is 6.60. The number of hydrogen-bond donors (Lipinski definition) is 1. The number of piperidine rings is 1. The Morgan fingerprint density at radius 3 is 2.15 bits per heavy atom. The number of rotatable bonds is 3. The second kappa shape index (κ2) is 9.04. The zero-order valence-electron chi connectivity index (χ0n) is 20.8. The first kappa shape index (κ1) is 24.8. The summed E-state index contributed by atoms with van der Waals surface area (Å²) in [5.41, 5.74) is 0.0616. The standard InChI is InChI=1S/C28H36F2N2O2/c1-18-14-31(15-19(2)28(18,34)20-9-7-6-8-10-20)26(33)24-17-32(27(3,4)5)16-23(24)22-12-11-21(29)13-25(22)30/h6-13,18-19,23-24,34H,14-17H2,1-5H3/t18-,19+,23?,24-,28?/m1/s1. The fraction of sp³-hybridized carbons (Fsp3) is 0.536. The zero-order valence-corrected chi connectivity index (χ0v) is 20.8. The van der Waals surface area contributed by atoms with Crippen molar-refractivity contribution in [3.63, 3.8) is 0 Å². The van der Waals surface area contributed by atoms with Gasteiger partial charge in [0.15, 0.2) is 0 Å². The molecule has 1 amide bonds. The first-order valence-electron chi connectivity index (χ1n) is 12.2. The maximum atomic E-state index is 14.8. The number of carbonyl (C=O) groups excluding carboxylic acids is 1. The van der Waals surface area contributed by atoms with Crippen LogP contribution in [0.4, 0.5) is 8.78 Å². The molecule has 2 aliphatic heterocycles. The molecule has 2 heterocycles. The zero-order chi connectivity index (χ0) is 24.8. The Balaban J connectivity index is 1.61. The van der Waals surface area contributed by atoms with E-state index in [9.17, 15) is 18.7 Å². The summed E-state index contributed by atoms with van der Waals surface area (Å²) in [7, 11) is 0. The lowest BCUT2D eigenvalue weighted by atomic mass is 9.70. The van der Waals surface area contributed by atoms with Gasteiger partial charge in [0.05, 0.1) is 11.5 Å². The van der Waals surface area contributed by atoms with E-state index >= 15 is 0 Å². The molecule has 2 fully saturated rings. The van der Waals surface area contributed by atoms with Gasteiger partial charge in [0.1, 0.15) is 11.6 Å². The lowest BCUT2D eigenvalue weighted by Gasteiger charge is -2.48. The van der Waals surface area contributed by atoms with Gasteiger partial charge in [0.2, 0.25) is 5.91 Å². The lowest BCUT2D eigenvalue weighted by molar-refractivity contribution is -0.152. The summed E-state index contributed by atoms with van der Waals surface area (Å²) >= 11 is 0. The first-order chi connectivity index (χ1) is 15.9. The van der Waals surface area contributed by atoms with E-state index in [1.165, 1.54) is 12.1 Å². The van der Waals surface area contributed by atoms with Crippen LogP contribution in [0.3, 0.4) is 0 Å². The Morgan fingerprint density at radius 1 is 0.971 bits per heavy atom. The summed E-state index contributed by atoms with van der Waals surface area (Å²) in [6, 6.07) is 13.3. The van der Waals surface area contributed by atoms with Gasteiger partial charge in [0.25, 0.3) is 0 Å². The third kappa shape index (κ3) is 4.38. The van der Waals surface area contributed by atoms with E-state index in [-0.39, 0.29) is 29.2 Å². The van der Waals surface area contributed by atoms with Crippen LogP contribution in [-0.4, -0.2) is 52.5 Å². The molecule has 6 heteroatoms. The van der Waals surface area contributed by atoms with Crippen LogP contribution in [-0.2, 0) is 10.4 Å². The van der Waals surface area contributed by atoms with E-state index in [1.807, 2.05) is 49.1 Å². The SMILES string of the molecule is C[C@@H]1CN(C(=O)[C@@H]2CN(C(C)(C)C)CC2c2ccc(F)cc2F)C[C@H](C)C1(O)c1ccccc1. The minimum absolute atomic E-state index is 0.0192. The van der Waals surface area contributed by atoms with Crippen molar-refractivity contribution in [3.8, 4) is 0 Å². The molecule has 184 valence electrons. The summed E-state index contributed by atoms with van der Waals surface area (Å²) in [6.45, 7) is 12.1. The number of halogens is 2. The van der Waals surface area contributed by atoms with Gasteiger partial charge in [-0.2, -0.15) is 0 Å². The van der Waals surface area contributed by atoms with Gasteiger partial charge in [-0.25, -0.2) is 8.78 Å². The average Bonchev–Trinajstić information content (AvgIpc) is 3.23. The number of hydrogen-bond acceptors (Lipinski definition) is 3. The minimum atomic E-state index is -1.02. The van der Waals surface area contributed by atoms with Crippen LogP contribution in [0.15, 0.2) is 48.5 Å². The highest BCUT2D eigenvalue weighted by Crippen LogP contribution is 2.43. The maximum Gasteiger partial charge on any atom is 0.227 e. The van der Waals surface area contributed by atoms with Crippen LogP contribution in [0, 0.1) is 29.4 Å². The van der Waals surface area contributed by atoms with Gasteiger partial charge in [-0.15, -0.1) is 0 Å². The number of aliphatic hydroxyl groups is 1. The second-order valence-corrected chi connectivity index (χ2v) is 11.2. The van der Waals surface area contributed by atoms with E-state index in [1.54, 1.807) is 0 Å². The van der Waals surface area contributed by atoms with Crippen molar-refractivity contribution in [1.29, 1.82) is 0 Å². The van der Waals surface area contributed by atoms with Crippen molar-refractivity contribution in [3.05, 3.63) is 71.3 Å². The van der Waals surface area contributed by atoms with Crippen LogP contribution in [0.2, 0.25) is 0 Å². The molecule has 0 bridgehead atoms. The van der Waals surface area contributed by atoms with Gasteiger partial charge in [0, 0.05) is 55.5 Å². The molecule has 4 nitrogen and oxygen atoms in total. The average molecular weight is 471 g/mol. The van der Waals surface area contributed by atoms with E-state index in [0.717, 1.165) is 11.6 Å². The summed E-state index contributed by atoms with van der Waals surface area (Å²) in [5.74, 6) is -2.35. The summed E-state index contributed by atoms with van der Waals surface area (Å²) < 4.78 is 28.4. The minimum Gasteiger partial charge on any atom is -0.384 e. The monoisotopic (exact) mass is 470 g/mol. The maximum absolute atomic E-state index is 14.8. The van der Waals surface area contributed by atoms with Gasteiger partial charge in [-0.1, -0.05) is 50.2 Å². The van der Waals surface area contributed by atoms with Gasteiger partial charge < -0.3 is 10.0 Å². The molecule has 34 heavy (non-hydrogen) atoms. The molecular weight excluding hydrogens is 434 g/mol. The van der Waals surface area contributed by atoms with Crippen molar-refractivity contribution in [2.45, 2.75) is 51.7 Å². The molecule has 0 aromatic heterocycles. The molecule has 2 saturated heterocycles. The van der Waals surface area contributed by atoms with E-state index < -0.39 is 23.2 Å². The molecule has 0 saturated carbocycles. The normalized spacial score (nSPS) is 30.5. The van der Waals surface area contributed by atoms with Crippen molar-refractivity contribution in [1.82, 2.24) is 9.80 Å². The summed E-state index contributed by atoms with van der Waals surface area (Å²) in [6.07, 6.45) is 0. The van der Waals surface area contributed by atoms with Crippen molar-refractivity contribution < 1.29 is 18.7 Å². The molecule has 2 aliphatic rings. The van der Waals surface area contributed by atoms with Gasteiger partial charge >= 0.3 is 0 Å². The topological polar surface area (TPSA) is 43.8 Å². The van der Waals surface area contributed by atoms with Crippen molar-refractivity contribution in [2.24, 2.45) is 17.8 Å². The molecule has 2 unspecified atom stereocenters. The first-order valence-corrected chi connectivity index (χ1v) is 12.2. The van der Waals surface area contributed by atoms with Crippen LogP contribution >= 0.6 is 0 Å². The highest BCUT2D eigenvalue weighted by Gasteiger charge is 2.50. The number of amides is 1. The highest BCUT2D eigenvalue weighted by atomic mass is 19.1. The predicted octanol–water partition coefficient (Wildman–Crippen LogP) is 4.78. The van der Waals surface area contributed by atoms with Crippen molar-refractivity contribution >= 4 is 5.91 Å². The largest absolute Gasteiger partial charge is 0.384 e. The highest BCUT2D eigenvalue weighted by molar-refractivity contribution is 5.81. The summed E-state index contributed by atoms with van der Waals surface area (Å²) in [4.78, 5) is 17.9. The van der Waals surface area contributed by atoms with Crippen LogP contribution in [0.1, 0.15) is 51.7 Å². The number of likely N-dealkylation sites (tertiary alicyclic amines) is 2. The van der Waals surface area contributed by atoms with Crippen LogP contribution in [0.5, 0.6) is 0 Å². The Labute approximate surface area is 201 Å². The number of carbonyl (C=O) groups is 1. The number of nitrogens with zero attached hydrogens (tertiary/aromatic N) is 2. The third-order valence-corrected chi connectivity index (χ3v) is 7.99. The molecule has 2 aromatic carbocycles. The molecular formula is C28H36F2N2O2. The molecule has 0 aliphatic carbocycles. The van der Waals surface area contributed by atoms with E-state index in [0.29, 0.717) is 31.7 Å². The Morgan fingerprint density at radius 2 is 1.59 bits per heavy atom.